The van der Waals surface area contributed by atoms with Crippen molar-refractivity contribution in [2.45, 2.75) is 43.6 Å². The third-order valence-electron chi connectivity index (χ3n) is 7.27. The van der Waals surface area contributed by atoms with Gasteiger partial charge in [0.05, 0.1) is 28.4 Å². The van der Waals surface area contributed by atoms with Crippen molar-refractivity contribution in [3.05, 3.63) is 103 Å². The van der Waals surface area contributed by atoms with Crippen molar-refractivity contribution in [2.24, 2.45) is 0 Å². The van der Waals surface area contributed by atoms with Crippen molar-refractivity contribution in [3.8, 4) is 17.0 Å². The van der Waals surface area contributed by atoms with Crippen LogP contribution in [0.5, 0.6) is 5.75 Å². The molecule has 2 aliphatic rings. The number of halogens is 3. The Labute approximate surface area is 240 Å². The summed E-state index contributed by atoms with van der Waals surface area (Å²) in [6.07, 6.45) is 3.35. The Hall–Kier alpha value is -2.57. The van der Waals surface area contributed by atoms with Crippen LogP contribution < -0.4 is 4.74 Å². The SMILES string of the molecule is COC(=O)c1ccc(C2CC2c2ccc(OCc3c(-c4c(Cl)cccc4Cl)nsc3C3CC3)cc2Cl)cc1. The highest BCUT2D eigenvalue weighted by atomic mass is 35.5. The summed E-state index contributed by atoms with van der Waals surface area (Å²) in [6, 6.07) is 19.1. The number of esters is 1. The standard InChI is InChI=1S/C30H24Cl3NO3S/c1-36-30(35)18-9-5-16(6-10-18)21-14-22(21)20-12-11-19(13-26(20)33)37-15-23-28(34-38-29(23)17-7-8-17)27-24(31)3-2-4-25(27)32/h2-6,9-13,17,21-22H,7-8,14-15H2,1H3. The maximum atomic E-state index is 11.7. The Balaban J connectivity index is 1.18. The van der Waals surface area contributed by atoms with Crippen LogP contribution in [0.1, 0.15) is 68.9 Å². The first kappa shape index (κ1) is 25.7. The fourth-order valence-electron chi connectivity index (χ4n) is 4.99. The number of benzene rings is 3. The summed E-state index contributed by atoms with van der Waals surface area (Å²) in [5.74, 6) is 1.64. The van der Waals surface area contributed by atoms with E-state index in [1.807, 2.05) is 54.6 Å². The lowest BCUT2D eigenvalue weighted by atomic mass is 10.0. The lowest BCUT2D eigenvalue weighted by Gasteiger charge is -2.12. The first-order valence-corrected chi connectivity index (χ1v) is 14.4. The molecule has 4 aromatic rings. The molecule has 0 spiro atoms. The van der Waals surface area contributed by atoms with Gasteiger partial charge in [0, 0.05) is 21.0 Å². The van der Waals surface area contributed by atoms with Crippen molar-refractivity contribution in [3.63, 3.8) is 0 Å². The van der Waals surface area contributed by atoms with E-state index in [2.05, 4.69) is 6.07 Å². The maximum absolute atomic E-state index is 11.7. The van der Waals surface area contributed by atoms with Crippen LogP contribution in [0, 0.1) is 0 Å². The lowest BCUT2D eigenvalue weighted by Crippen LogP contribution is -2.01. The molecule has 2 atom stereocenters. The highest BCUT2D eigenvalue weighted by Gasteiger charge is 2.40. The number of hydrogen-bond donors (Lipinski definition) is 0. The summed E-state index contributed by atoms with van der Waals surface area (Å²) in [5, 5.41) is 1.86. The minimum Gasteiger partial charge on any atom is -0.489 e. The van der Waals surface area contributed by atoms with E-state index in [1.54, 1.807) is 0 Å². The summed E-state index contributed by atoms with van der Waals surface area (Å²) < 4.78 is 15.8. The zero-order valence-electron chi connectivity index (χ0n) is 20.5. The van der Waals surface area contributed by atoms with E-state index in [4.69, 9.17) is 48.7 Å². The van der Waals surface area contributed by atoms with E-state index in [1.165, 1.54) is 41.9 Å². The predicted octanol–water partition coefficient (Wildman–Crippen LogP) is 9.28. The fourth-order valence-corrected chi connectivity index (χ4v) is 6.92. The molecule has 2 aliphatic carbocycles. The van der Waals surface area contributed by atoms with Crippen molar-refractivity contribution in [2.75, 3.05) is 7.11 Å². The average Bonchev–Trinajstić information content (AvgIpc) is 3.85. The largest absolute Gasteiger partial charge is 0.489 e. The molecule has 0 amide bonds. The van der Waals surface area contributed by atoms with E-state index >= 15 is 0 Å². The van der Waals surface area contributed by atoms with E-state index in [-0.39, 0.29) is 5.97 Å². The topological polar surface area (TPSA) is 48.4 Å². The highest BCUT2D eigenvalue weighted by Crippen LogP contribution is 2.56. The number of ether oxygens (including phenoxy) is 2. The number of carbonyl (C=O) groups excluding carboxylic acids is 1. The summed E-state index contributed by atoms with van der Waals surface area (Å²) >= 11 is 21.3. The number of aromatic nitrogens is 1. The van der Waals surface area contributed by atoms with Gasteiger partial charge in [0.2, 0.25) is 0 Å². The molecular weight excluding hydrogens is 561 g/mol. The summed E-state index contributed by atoms with van der Waals surface area (Å²) in [4.78, 5) is 13.0. The Morgan fingerprint density at radius 1 is 0.974 bits per heavy atom. The molecule has 0 saturated heterocycles. The van der Waals surface area contributed by atoms with Crippen LogP contribution in [0.2, 0.25) is 15.1 Å². The summed E-state index contributed by atoms with van der Waals surface area (Å²) in [6.45, 7) is 0.369. The normalized spacial score (nSPS) is 18.3. The van der Waals surface area contributed by atoms with E-state index in [9.17, 15) is 4.79 Å². The predicted molar refractivity (Wildman–Crippen MR) is 153 cm³/mol. The third-order valence-corrected chi connectivity index (χ3v) is 9.28. The van der Waals surface area contributed by atoms with Crippen LogP contribution >= 0.6 is 46.3 Å². The molecule has 2 unspecified atom stereocenters. The molecule has 0 N–H and O–H groups in total. The Morgan fingerprint density at radius 2 is 1.71 bits per heavy atom. The summed E-state index contributed by atoms with van der Waals surface area (Å²) in [5.41, 5.74) is 5.46. The fraction of sp³-hybridized carbons (Fsp3) is 0.267. The second kappa shape index (κ2) is 10.5. The molecule has 2 saturated carbocycles. The molecule has 0 aliphatic heterocycles. The molecule has 0 bridgehead atoms. The van der Waals surface area contributed by atoms with Gasteiger partial charge in [0.15, 0.2) is 0 Å². The Kier molecular flexibility index (Phi) is 7.12. The van der Waals surface area contributed by atoms with Gasteiger partial charge in [0.25, 0.3) is 0 Å². The molecule has 2 fully saturated rings. The number of carbonyl (C=O) groups is 1. The monoisotopic (exact) mass is 583 g/mol. The summed E-state index contributed by atoms with van der Waals surface area (Å²) in [7, 11) is 1.39. The molecule has 8 heteroatoms. The number of hydrogen-bond acceptors (Lipinski definition) is 5. The molecule has 3 aromatic carbocycles. The van der Waals surface area contributed by atoms with Gasteiger partial charge in [-0.1, -0.05) is 59.1 Å². The lowest BCUT2D eigenvalue weighted by molar-refractivity contribution is 0.0600. The van der Waals surface area contributed by atoms with E-state index in [0.29, 0.717) is 50.7 Å². The number of nitrogens with zero attached hydrogens (tertiary/aromatic N) is 1. The van der Waals surface area contributed by atoms with Gasteiger partial charge >= 0.3 is 5.97 Å². The molecular formula is C30H24Cl3NO3S. The second-order valence-electron chi connectivity index (χ2n) is 9.78. The van der Waals surface area contributed by atoms with Crippen LogP contribution in [0.15, 0.2) is 60.7 Å². The zero-order chi connectivity index (χ0) is 26.4. The van der Waals surface area contributed by atoms with Crippen LogP contribution in [0.3, 0.4) is 0 Å². The van der Waals surface area contributed by atoms with E-state index < -0.39 is 0 Å². The molecule has 194 valence electrons. The minimum atomic E-state index is -0.327. The van der Waals surface area contributed by atoms with Crippen LogP contribution in [-0.4, -0.2) is 17.5 Å². The van der Waals surface area contributed by atoms with Gasteiger partial charge in [-0.3, -0.25) is 0 Å². The van der Waals surface area contributed by atoms with Crippen molar-refractivity contribution in [1.82, 2.24) is 4.37 Å². The third kappa shape index (κ3) is 5.05. The van der Waals surface area contributed by atoms with Crippen molar-refractivity contribution in [1.29, 1.82) is 0 Å². The Bertz CT molecular complexity index is 1490. The zero-order valence-corrected chi connectivity index (χ0v) is 23.6. The van der Waals surface area contributed by atoms with E-state index in [0.717, 1.165) is 28.8 Å². The molecule has 1 aromatic heterocycles. The maximum Gasteiger partial charge on any atom is 0.337 e. The smallest absolute Gasteiger partial charge is 0.337 e. The first-order valence-electron chi connectivity index (χ1n) is 12.5. The Morgan fingerprint density at radius 3 is 2.37 bits per heavy atom. The van der Waals surface area contributed by atoms with Crippen LogP contribution in [0.25, 0.3) is 11.3 Å². The van der Waals surface area contributed by atoms with Gasteiger partial charge < -0.3 is 9.47 Å². The van der Waals surface area contributed by atoms with Crippen molar-refractivity contribution >= 4 is 52.3 Å². The first-order chi connectivity index (χ1) is 18.4. The van der Waals surface area contributed by atoms with Gasteiger partial charge in [-0.15, -0.1) is 0 Å². The van der Waals surface area contributed by atoms with Gasteiger partial charge in [-0.25, -0.2) is 4.79 Å². The number of rotatable bonds is 8. The van der Waals surface area contributed by atoms with Crippen molar-refractivity contribution < 1.29 is 14.3 Å². The molecule has 1 heterocycles. The molecule has 6 rings (SSSR count). The van der Waals surface area contributed by atoms with Gasteiger partial charge in [0.1, 0.15) is 12.4 Å². The number of methoxy groups -OCH3 is 1. The average molecular weight is 585 g/mol. The second-order valence-corrected chi connectivity index (χ2v) is 11.8. The van der Waals surface area contributed by atoms with Crippen LogP contribution in [-0.2, 0) is 11.3 Å². The minimum absolute atomic E-state index is 0.327. The molecule has 38 heavy (non-hydrogen) atoms. The van der Waals surface area contributed by atoms with Gasteiger partial charge in [-0.2, -0.15) is 4.37 Å². The molecule has 0 radical (unpaired) electrons. The molecule has 4 nitrogen and oxygen atoms in total. The van der Waals surface area contributed by atoms with Gasteiger partial charge in [-0.05, 0) is 96.1 Å². The van der Waals surface area contributed by atoms with Crippen LogP contribution in [0.4, 0.5) is 0 Å². The quantitative estimate of drug-likeness (QED) is 0.194. The highest BCUT2D eigenvalue weighted by molar-refractivity contribution is 7.06.